The molecule has 1 aliphatic heterocycles. The number of carbonyl (C=O) groups excluding carboxylic acids is 1. The van der Waals surface area contributed by atoms with E-state index in [1.807, 2.05) is 0 Å². The molecule has 2 rings (SSSR count). The Morgan fingerprint density at radius 2 is 1.97 bits per heavy atom. The Morgan fingerprint density at radius 3 is 2.57 bits per heavy atom. The highest BCUT2D eigenvalue weighted by atomic mass is 16.2. The zero-order chi connectivity index (χ0) is 21.8. The summed E-state index contributed by atoms with van der Waals surface area (Å²) >= 11 is 0. The maximum absolute atomic E-state index is 12.8. The third-order valence-electron chi connectivity index (χ3n) is 6.79. The maximum Gasteiger partial charge on any atom is 0.222 e. The van der Waals surface area contributed by atoms with Crippen LogP contribution in [0.2, 0.25) is 0 Å². The van der Waals surface area contributed by atoms with Crippen molar-refractivity contribution < 1.29 is 4.79 Å². The summed E-state index contributed by atoms with van der Waals surface area (Å²) < 4.78 is 0. The van der Waals surface area contributed by atoms with Gasteiger partial charge in [-0.05, 0) is 56.2 Å². The number of hydrogen-bond acceptors (Lipinski definition) is 3. The zero-order valence-corrected chi connectivity index (χ0v) is 19.2. The Hall–Kier alpha value is -2.17. The van der Waals surface area contributed by atoms with Gasteiger partial charge in [-0.15, -0.1) is 0 Å². The maximum atomic E-state index is 12.8. The monoisotopic (exact) mass is 412 g/mol. The summed E-state index contributed by atoms with van der Waals surface area (Å²) in [6.07, 6.45) is 9.86. The van der Waals surface area contributed by atoms with Gasteiger partial charge in [-0.1, -0.05) is 62.9 Å². The average Bonchev–Trinajstić information content (AvgIpc) is 2.77. The molecule has 1 unspecified atom stereocenters. The van der Waals surface area contributed by atoms with Crippen LogP contribution >= 0.6 is 0 Å². The molecule has 166 valence electrons. The molecule has 1 amide bonds. The molecule has 1 aliphatic rings. The SMILES string of the molecule is C=N/C=N\NCC1(C(CC)CCCC)CCN(C(=O)CCc2ccc(C)cc2)CC1. The highest BCUT2D eigenvalue weighted by Gasteiger charge is 2.41. The molecule has 1 fully saturated rings. The van der Waals surface area contributed by atoms with Crippen LogP contribution in [0.4, 0.5) is 0 Å². The van der Waals surface area contributed by atoms with E-state index in [1.54, 1.807) is 0 Å². The van der Waals surface area contributed by atoms with Crippen molar-refractivity contribution in [2.75, 3.05) is 19.6 Å². The fourth-order valence-corrected chi connectivity index (χ4v) is 4.77. The van der Waals surface area contributed by atoms with E-state index < -0.39 is 0 Å². The summed E-state index contributed by atoms with van der Waals surface area (Å²) in [7, 11) is 0. The van der Waals surface area contributed by atoms with Gasteiger partial charge in [-0.3, -0.25) is 9.79 Å². The lowest BCUT2D eigenvalue weighted by Crippen LogP contribution is -2.50. The number of aryl methyl sites for hydroxylation is 2. The molecule has 0 bridgehead atoms. The smallest absolute Gasteiger partial charge is 0.222 e. The van der Waals surface area contributed by atoms with Gasteiger partial charge >= 0.3 is 0 Å². The Morgan fingerprint density at radius 1 is 1.27 bits per heavy atom. The van der Waals surface area contributed by atoms with Crippen LogP contribution in [0, 0.1) is 18.3 Å². The van der Waals surface area contributed by atoms with Gasteiger partial charge in [0.1, 0.15) is 6.34 Å². The van der Waals surface area contributed by atoms with E-state index in [9.17, 15) is 4.79 Å². The molecule has 0 aromatic heterocycles. The lowest BCUT2D eigenvalue weighted by Gasteiger charge is -2.46. The van der Waals surface area contributed by atoms with Gasteiger partial charge in [0.25, 0.3) is 0 Å². The van der Waals surface area contributed by atoms with Gasteiger partial charge in [0.05, 0.1) is 0 Å². The van der Waals surface area contributed by atoms with Gasteiger partial charge in [0, 0.05) is 26.1 Å². The number of amides is 1. The van der Waals surface area contributed by atoms with Crippen molar-refractivity contribution in [1.29, 1.82) is 0 Å². The van der Waals surface area contributed by atoms with E-state index in [0.717, 1.165) is 38.9 Å². The summed E-state index contributed by atoms with van der Waals surface area (Å²) in [5.74, 6) is 0.939. The van der Waals surface area contributed by atoms with Crippen molar-refractivity contribution >= 4 is 19.0 Å². The summed E-state index contributed by atoms with van der Waals surface area (Å²) in [4.78, 5) is 18.6. The first kappa shape index (κ1) is 24.1. The lowest BCUT2D eigenvalue weighted by atomic mass is 9.66. The first-order valence-electron chi connectivity index (χ1n) is 11.6. The molecule has 0 aliphatic carbocycles. The minimum atomic E-state index is 0.191. The largest absolute Gasteiger partial charge is 0.343 e. The first-order chi connectivity index (χ1) is 14.5. The van der Waals surface area contributed by atoms with E-state index in [2.05, 4.69) is 72.2 Å². The molecule has 1 saturated heterocycles. The van der Waals surface area contributed by atoms with Crippen LogP contribution in [0.5, 0.6) is 0 Å². The fourth-order valence-electron chi connectivity index (χ4n) is 4.77. The summed E-state index contributed by atoms with van der Waals surface area (Å²) in [6.45, 7) is 12.6. The number of piperidine rings is 1. The molecule has 1 heterocycles. The number of rotatable bonds is 12. The molecule has 1 N–H and O–H groups in total. The van der Waals surface area contributed by atoms with E-state index in [-0.39, 0.29) is 11.3 Å². The van der Waals surface area contributed by atoms with Crippen LogP contribution in [0.15, 0.2) is 34.4 Å². The van der Waals surface area contributed by atoms with E-state index >= 15 is 0 Å². The third-order valence-corrected chi connectivity index (χ3v) is 6.79. The van der Waals surface area contributed by atoms with Crippen molar-refractivity contribution in [1.82, 2.24) is 10.3 Å². The highest BCUT2D eigenvalue weighted by Crippen LogP contribution is 2.43. The van der Waals surface area contributed by atoms with Crippen LogP contribution in [-0.4, -0.2) is 43.5 Å². The molecule has 0 radical (unpaired) electrons. The average molecular weight is 413 g/mol. The second-order valence-corrected chi connectivity index (χ2v) is 8.74. The van der Waals surface area contributed by atoms with Gasteiger partial charge in [-0.25, -0.2) is 0 Å². The zero-order valence-electron chi connectivity index (χ0n) is 19.2. The topological polar surface area (TPSA) is 57.1 Å². The molecule has 1 atom stereocenters. The lowest BCUT2D eigenvalue weighted by molar-refractivity contribution is -0.134. The van der Waals surface area contributed by atoms with E-state index in [1.165, 1.54) is 43.1 Å². The Labute approximate surface area is 183 Å². The predicted molar refractivity (Wildman–Crippen MR) is 127 cm³/mol. The quantitative estimate of drug-likeness (QED) is 0.299. The molecule has 1 aromatic rings. The van der Waals surface area contributed by atoms with Crippen LogP contribution < -0.4 is 5.43 Å². The normalized spacial score (nSPS) is 17.1. The summed E-state index contributed by atoms with van der Waals surface area (Å²) in [6, 6.07) is 8.50. The summed E-state index contributed by atoms with van der Waals surface area (Å²) in [5.41, 5.74) is 5.90. The Bertz CT molecular complexity index is 675. The number of likely N-dealkylation sites (tertiary alicyclic amines) is 1. The minimum absolute atomic E-state index is 0.191. The highest BCUT2D eigenvalue weighted by molar-refractivity contribution is 5.76. The number of benzene rings is 1. The van der Waals surface area contributed by atoms with E-state index in [4.69, 9.17) is 0 Å². The number of nitrogens with one attached hydrogen (secondary N) is 1. The van der Waals surface area contributed by atoms with Crippen LogP contribution in [-0.2, 0) is 11.2 Å². The number of unbranched alkanes of at least 4 members (excludes halogenated alkanes) is 1. The van der Waals surface area contributed by atoms with Crippen LogP contribution in [0.1, 0.15) is 69.9 Å². The molecule has 0 saturated carbocycles. The molecule has 0 spiro atoms. The molecular weight excluding hydrogens is 372 g/mol. The Kier molecular flexibility index (Phi) is 10.0. The minimum Gasteiger partial charge on any atom is -0.343 e. The molecule has 5 heteroatoms. The van der Waals surface area contributed by atoms with Gasteiger partial charge in [0.15, 0.2) is 0 Å². The van der Waals surface area contributed by atoms with Crippen LogP contribution in [0.25, 0.3) is 0 Å². The van der Waals surface area contributed by atoms with Gasteiger partial charge in [-0.2, -0.15) is 5.10 Å². The molecular formula is C25H40N4O. The number of carbonyl (C=O) groups is 1. The molecule has 5 nitrogen and oxygen atoms in total. The van der Waals surface area contributed by atoms with E-state index in [0.29, 0.717) is 12.3 Å². The first-order valence-corrected chi connectivity index (χ1v) is 11.6. The number of aliphatic imine (C=N–C) groups is 1. The second-order valence-electron chi connectivity index (χ2n) is 8.74. The van der Waals surface area contributed by atoms with Crippen molar-refractivity contribution in [3.8, 4) is 0 Å². The number of hydrogen-bond donors (Lipinski definition) is 1. The number of hydrazone groups is 1. The summed E-state index contributed by atoms with van der Waals surface area (Å²) in [5, 5.41) is 4.16. The standard InChI is InChI=1S/C25H40N4O/c1-5-7-8-23(6-2)25(19-27-28-20-26-4)15-17-29(18-16-25)24(30)14-13-22-11-9-21(3)10-12-22/h9-12,20,23,27H,4-8,13-19H2,1-3H3/b28-20-. The van der Waals surface area contributed by atoms with Crippen LogP contribution in [0.3, 0.4) is 0 Å². The third kappa shape index (κ3) is 6.96. The van der Waals surface area contributed by atoms with Crippen molar-refractivity contribution in [2.24, 2.45) is 21.4 Å². The predicted octanol–water partition coefficient (Wildman–Crippen LogP) is 4.99. The van der Waals surface area contributed by atoms with Crippen molar-refractivity contribution in [3.05, 3.63) is 35.4 Å². The second kappa shape index (κ2) is 12.5. The molecule has 1 aromatic carbocycles. The Balaban J connectivity index is 1.95. The van der Waals surface area contributed by atoms with Crippen molar-refractivity contribution in [3.63, 3.8) is 0 Å². The number of nitrogens with zero attached hydrogens (tertiary/aromatic N) is 3. The van der Waals surface area contributed by atoms with Gasteiger partial charge < -0.3 is 10.3 Å². The molecule has 30 heavy (non-hydrogen) atoms. The van der Waals surface area contributed by atoms with Crippen molar-refractivity contribution in [2.45, 2.75) is 72.1 Å². The van der Waals surface area contributed by atoms with Gasteiger partial charge in [0.2, 0.25) is 5.91 Å². The fraction of sp³-hybridized carbons (Fsp3) is 0.640.